The van der Waals surface area contributed by atoms with E-state index in [0.29, 0.717) is 23.3 Å². The molecule has 2 aromatic rings. The Morgan fingerprint density at radius 3 is 3.11 bits per heavy atom. The molecule has 1 aromatic carbocycles. The second-order valence-electron chi connectivity index (χ2n) is 4.46. The van der Waals surface area contributed by atoms with Gasteiger partial charge in [0.05, 0.1) is 17.0 Å². The van der Waals surface area contributed by atoms with Gasteiger partial charge in [0.1, 0.15) is 12.4 Å². The fourth-order valence-corrected chi connectivity index (χ4v) is 2.17. The lowest BCUT2D eigenvalue weighted by molar-refractivity contribution is 0.0501. The third-order valence-corrected chi connectivity index (χ3v) is 3.13. The summed E-state index contributed by atoms with van der Waals surface area (Å²) in [4.78, 5) is 19.0. The second kappa shape index (κ2) is 4.88. The van der Waals surface area contributed by atoms with Gasteiger partial charge in [-0.1, -0.05) is 12.1 Å². The highest BCUT2D eigenvalue weighted by Gasteiger charge is 2.15. The van der Waals surface area contributed by atoms with Gasteiger partial charge in [-0.3, -0.25) is 4.79 Å². The van der Waals surface area contributed by atoms with Crippen LogP contribution in [0, 0.1) is 0 Å². The Balaban J connectivity index is 1.81. The van der Waals surface area contributed by atoms with Gasteiger partial charge in [0.25, 0.3) is 5.56 Å². The van der Waals surface area contributed by atoms with Crippen LogP contribution < -0.4 is 10.9 Å². The van der Waals surface area contributed by atoms with Crippen molar-refractivity contribution in [3.63, 3.8) is 0 Å². The van der Waals surface area contributed by atoms with Crippen LogP contribution in [0.5, 0.6) is 0 Å². The van der Waals surface area contributed by atoms with E-state index in [1.807, 2.05) is 18.2 Å². The summed E-state index contributed by atoms with van der Waals surface area (Å²) in [6.45, 7) is 2.22. The average Bonchev–Trinajstić information content (AvgIpc) is 2.90. The van der Waals surface area contributed by atoms with Crippen molar-refractivity contribution in [1.29, 1.82) is 0 Å². The molecule has 0 spiro atoms. The van der Waals surface area contributed by atoms with Crippen molar-refractivity contribution in [2.24, 2.45) is 0 Å². The van der Waals surface area contributed by atoms with Gasteiger partial charge < -0.3 is 15.0 Å². The van der Waals surface area contributed by atoms with Crippen molar-refractivity contribution in [2.75, 3.05) is 13.1 Å². The molecule has 0 saturated carbocycles. The molecular weight excluding hydrogens is 230 g/mol. The molecule has 1 saturated heterocycles. The first kappa shape index (κ1) is 11.4. The second-order valence-corrected chi connectivity index (χ2v) is 4.46. The third-order valence-electron chi connectivity index (χ3n) is 3.13. The molecule has 1 unspecified atom stereocenters. The van der Waals surface area contributed by atoms with Crippen molar-refractivity contribution in [3.8, 4) is 0 Å². The Kier molecular flexibility index (Phi) is 3.08. The van der Waals surface area contributed by atoms with E-state index in [1.54, 1.807) is 6.07 Å². The zero-order valence-electron chi connectivity index (χ0n) is 9.98. The average molecular weight is 245 g/mol. The molecule has 1 aliphatic heterocycles. The summed E-state index contributed by atoms with van der Waals surface area (Å²) in [5.74, 6) is 0.589. The van der Waals surface area contributed by atoms with Crippen LogP contribution in [-0.4, -0.2) is 29.2 Å². The van der Waals surface area contributed by atoms with Crippen molar-refractivity contribution in [1.82, 2.24) is 15.3 Å². The monoisotopic (exact) mass is 245 g/mol. The van der Waals surface area contributed by atoms with Crippen LogP contribution in [0.2, 0.25) is 0 Å². The fraction of sp³-hybridized carbons (Fsp3) is 0.385. The quantitative estimate of drug-likeness (QED) is 0.839. The Bertz CT molecular complexity index is 602. The standard InChI is InChI=1S/C13H15N3O2/c17-13-10-3-1-2-4-11(10)15-12(16-13)8-18-9-5-6-14-7-9/h1-4,9,14H,5-8H2,(H,15,16,17). The largest absolute Gasteiger partial charge is 0.369 e. The molecular formula is C13H15N3O2. The lowest BCUT2D eigenvalue weighted by Crippen LogP contribution is -2.19. The van der Waals surface area contributed by atoms with Crippen LogP contribution in [0.3, 0.4) is 0 Å². The number of fused-ring (bicyclic) bond motifs is 1. The zero-order chi connectivity index (χ0) is 12.4. The SMILES string of the molecule is O=c1[nH]c(COC2CCNC2)nc2ccccc12. The summed E-state index contributed by atoms with van der Waals surface area (Å²) in [7, 11) is 0. The number of ether oxygens (including phenoxy) is 1. The van der Waals surface area contributed by atoms with Gasteiger partial charge >= 0.3 is 0 Å². The maximum Gasteiger partial charge on any atom is 0.258 e. The molecule has 1 aromatic heterocycles. The number of hydrogen-bond donors (Lipinski definition) is 2. The highest BCUT2D eigenvalue weighted by atomic mass is 16.5. The first-order valence-corrected chi connectivity index (χ1v) is 6.13. The molecule has 1 fully saturated rings. The van der Waals surface area contributed by atoms with Gasteiger partial charge in [-0.2, -0.15) is 0 Å². The molecule has 94 valence electrons. The topological polar surface area (TPSA) is 67.0 Å². The Hall–Kier alpha value is -1.72. The van der Waals surface area contributed by atoms with Gasteiger partial charge in [-0.25, -0.2) is 4.98 Å². The molecule has 2 heterocycles. The molecule has 1 atom stereocenters. The molecule has 1 aliphatic rings. The highest BCUT2D eigenvalue weighted by Crippen LogP contribution is 2.08. The van der Waals surface area contributed by atoms with E-state index in [4.69, 9.17) is 4.74 Å². The maximum absolute atomic E-state index is 11.8. The van der Waals surface area contributed by atoms with E-state index < -0.39 is 0 Å². The Morgan fingerprint density at radius 2 is 2.28 bits per heavy atom. The maximum atomic E-state index is 11.8. The van der Waals surface area contributed by atoms with Gasteiger partial charge in [-0.05, 0) is 25.1 Å². The third kappa shape index (κ3) is 2.27. The van der Waals surface area contributed by atoms with Gasteiger partial charge in [0, 0.05) is 6.54 Å². The lowest BCUT2D eigenvalue weighted by atomic mass is 10.2. The number of aromatic nitrogens is 2. The van der Waals surface area contributed by atoms with Crippen LogP contribution >= 0.6 is 0 Å². The van der Waals surface area contributed by atoms with Crippen LogP contribution in [0.1, 0.15) is 12.2 Å². The summed E-state index contributed by atoms with van der Waals surface area (Å²) in [6, 6.07) is 7.32. The minimum Gasteiger partial charge on any atom is -0.369 e. The van der Waals surface area contributed by atoms with Crippen molar-refractivity contribution in [3.05, 3.63) is 40.4 Å². The van der Waals surface area contributed by atoms with Gasteiger partial charge in [-0.15, -0.1) is 0 Å². The highest BCUT2D eigenvalue weighted by molar-refractivity contribution is 5.77. The predicted octanol–water partition coefficient (Wildman–Crippen LogP) is 0.802. The van der Waals surface area contributed by atoms with E-state index in [2.05, 4.69) is 15.3 Å². The predicted molar refractivity (Wildman–Crippen MR) is 68.4 cm³/mol. The molecule has 0 amide bonds. The molecule has 5 heteroatoms. The summed E-state index contributed by atoms with van der Waals surface area (Å²) < 4.78 is 5.70. The minimum absolute atomic E-state index is 0.108. The fourth-order valence-electron chi connectivity index (χ4n) is 2.17. The summed E-state index contributed by atoms with van der Waals surface area (Å²) >= 11 is 0. The van der Waals surface area contributed by atoms with Crippen molar-refractivity contribution < 1.29 is 4.74 Å². The van der Waals surface area contributed by atoms with Crippen LogP contribution in [0.4, 0.5) is 0 Å². The van der Waals surface area contributed by atoms with Gasteiger partial charge in [0.15, 0.2) is 0 Å². The molecule has 5 nitrogen and oxygen atoms in total. The smallest absolute Gasteiger partial charge is 0.258 e. The van der Waals surface area contributed by atoms with E-state index in [-0.39, 0.29) is 11.7 Å². The molecule has 3 rings (SSSR count). The summed E-state index contributed by atoms with van der Waals surface area (Å²) in [5.41, 5.74) is 0.605. The number of aromatic amines is 1. The summed E-state index contributed by atoms with van der Waals surface area (Å²) in [6.07, 6.45) is 1.24. The number of nitrogens with one attached hydrogen (secondary N) is 2. The number of H-pyrrole nitrogens is 1. The minimum atomic E-state index is -0.108. The molecule has 0 bridgehead atoms. The number of nitrogens with zero attached hydrogens (tertiary/aromatic N) is 1. The van der Waals surface area contributed by atoms with Crippen molar-refractivity contribution in [2.45, 2.75) is 19.1 Å². The van der Waals surface area contributed by atoms with E-state index >= 15 is 0 Å². The van der Waals surface area contributed by atoms with Crippen LogP contribution in [0.25, 0.3) is 10.9 Å². The molecule has 0 aliphatic carbocycles. The molecule has 0 radical (unpaired) electrons. The molecule has 18 heavy (non-hydrogen) atoms. The number of hydrogen-bond acceptors (Lipinski definition) is 4. The number of para-hydroxylation sites is 1. The first-order chi connectivity index (χ1) is 8.83. The first-order valence-electron chi connectivity index (χ1n) is 6.13. The molecule has 2 N–H and O–H groups in total. The lowest BCUT2D eigenvalue weighted by Gasteiger charge is -2.09. The Labute approximate surface area is 104 Å². The zero-order valence-corrected chi connectivity index (χ0v) is 9.98. The van der Waals surface area contributed by atoms with E-state index in [9.17, 15) is 4.79 Å². The van der Waals surface area contributed by atoms with Gasteiger partial charge in [0.2, 0.25) is 0 Å². The number of benzene rings is 1. The van der Waals surface area contributed by atoms with Crippen LogP contribution in [-0.2, 0) is 11.3 Å². The number of rotatable bonds is 3. The van der Waals surface area contributed by atoms with Crippen molar-refractivity contribution >= 4 is 10.9 Å². The normalized spacial score (nSPS) is 19.4. The Morgan fingerprint density at radius 1 is 1.39 bits per heavy atom. The van der Waals surface area contributed by atoms with Crippen LogP contribution in [0.15, 0.2) is 29.1 Å². The summed E-state index contributed by atoms with van der Waals surface area (Å²) in [5, 5.41) is 3.85. The van der Waals surface area contributed by atoms with E-state index in [0.717, 1.165) is 19.5 Å². The van der Waals surface area contributed by atoms with E-state index in [1.165, 1.54) is 0 Å².